The van der Waals surface area contributed by atoms with Gasteiger partial charge in [0.1, 0.15) is 5.69 Å². The first-order chi connectivity index (χ1) is 16.4. The summed E-state index contributed by atoms with van der Waals surface area (Å²) in [5.74, 6) is -0.536. The van der Waals surface area contributed by atoms with Crippen molar-refractivity contribution in [2.75, 3.05) is 17.2 Å². The molecule has 0 unspecified atom stereocenters. The molecule has 3 aromatic rings. The Hall–Kier alpha value is -3.72. The van der Waals surface area contributed by atoms with Crippen LogP contribution in [0.2, 0.25) is 0 Å². The van der Waals surface area contributed by atoms with Crippen LogP contribution >= 0.6 is 11.3 Å². The van der Waals surface area contributed by atoms with E-state index in [0.29, 0.717) is 35.6 Å². The van der Waals surface area contributed by atoms with Gasteiger partial charge in [0.25, 0.3) is 17.5 Å². The lowest BCUT2D eigenvalue weighted by Gasteiger charge is -2.28. The van der Waals surface area contributed by atoms with Crippen LogP contribution in [0, 0.1) is 17.0 Å². The highest BCUT2D eigenvalue weighted by Crippen LogP contribution is 2.32. The van der Waals surface area contributed by atoms with Crippen LogP contribution in [0.4, 0.5) is 17.1 Å². The maximum absolute atomic E-state index is 13.2. The van der Waals surface area contributed by atoms with E-state index in [2.05, 4.69) is 22.1 Å². The molecular formula is C25H24N4O4S. The first-order valence-corrected chi connectivity index (χ1v) is 12.1. The molecule has 1 fully saturated rings. The number of anilines is 2. The molecule has 34 heavy (non-hydrogen) atoms. The summed E-state index contributed by atoms with van der Waals surface area (Å²) in [6, 6.07) is 12.0. The Morgan fingerprint density at radius 3 is 2.74 bits per heavy atom. The summed E-state index contributed by atoms with van der Waals surface area (Å²) in [5, 5.41) is 19.5. The van der Waals surface area contributed by atoms with Crippen molar-refractivity contribution in [3.63, 3.8) is 0 Å². The van der Waals surface area contributed by atoms with Gasteiger partial charge in [0, 0.05) is 46.9 Å². The summed E-state index contributed by atoms with van der Waals surface area (Å²) in [6.07, 6.45) is 2.82. The van der Waals surface area contributed by atoms with Gasteiger partial charge in [-0.3, -0.25) is 19.7 Å². The highest BCUT2D eigenvalue weighted by atomic mass is 32.1. The fraction of sp³-hybridized carbons (Fsp3) is 0.280. The number of benzene rings is 2. The minimum absolute atomic E-state index is 0.0726. The van der Waals surface area contributed by atoms with Gasteiger partial charge in [-0.25, -0.2) is 0 Å². The van der Waals surface area contributed by atoms with Gasteiger partial charge in [-0.2, -0.15) is 0 Å². The number of rotatable bonds is 6. The maximum atomic E-state index is 13.2. The molecule has 2 N–H and O–H groups in total. The lowest BCUT2D eigenvalue weighted by atomic mass is 10.0. The third-order valence-electron chi connectivity index (χ3n) is 6.30. The number of nitro groups is 1. The Balaban J connectivity index is 1.34. The SMILES string of the molecule is Cc1c(NC(=O)c2ccc(NC3CC3)c([N+](=O)[O-])c2)cccc1C(=O)N1CCc2sccc2C1. The number of hydrogen-bond donors (Lipinski definition) is 2. The van der Waals surface area contributed by atoms with Crippen LogP contribution in [-0.2, 0) is 13.0 Å². The highest BCUT2D eigenvalue weighted by molar-refractivity contribution is 7.10. The van der Waals surface area contributed by atoms with E-state index < -0.39 is 10.8 Å². The van der Waals surface area contributed by atoms with Crippen molar-refractivity contribution in [3.8, 4) is 0 Å². The number of nitrogens with zero attached hydrogens (tertiary/aromatic N) is 2. The number of thiophene rings is 1. The van der Waals surface area contributed by atoms with E-state index in [0.717, 1.165) is 19.3 Å². The quantitative estimate of drug-likeness (QED) is 0.385. The molecule has 0 saturated heterocycles. The number of carbonyl (C=O) groups excluding carboxylic acids is 2. The van der Waals surface area contributed by atoms with Crippen molar-refractivity contribution >= 4 is 40.2 Å². The van der Waals surface area contributed by atoms with Gasteiger partial charge in [0.2, 0.25) is 0 Å². The number of nitro benzene ring substituents is 1. The predicted octanol–water partition coefficient (Wildman–Crippen LogP) is 4.99. The van der Waals surface area contributed by atoms with Crippen LogP contribution < -0.4 is 10.6 Å². The molecule has 1 aliphatic carbocycles. The smallest absolute Gasteiger partial charge is 0.293 e. The number of hydrogen-bond acceptors (Lipinski definition) is 6. The van der Waals surface area contributed by atoms with Crippen LogP contribution in [0.15, 0.2) is 47.8 Å². The van der Waals surface area contributed by atoms with E-state index >= 15 is 0 Å². The molecule has 1 saturated carbocycles. The summed E-state index contributed by atoms with van der Waals surface area (Å²) >= 11 is 1.72. The molecule has 1 aromatic heterocycles. The van der Waals surface area contributed by atoms with Gasteiger partial charge in [-0.15, -0.1) is 11.3 Å². The number of amides is 2. The minimum atomic E-state index is -0.483. The first-order valence-electron chi connectivity index (χ1n) is 11.2. The molecule has 2 heterocycles. The van der Waals surface area contributed by atoms with Crippen molar-refractivity contribution in [1.82, 2.24) is 4.90 Å². The monoisotopic (exact) mass is 476 g/mol. The van der Waals surface area contributed by atoms with Gasteiger partial charge >= 0.3 is 0 Å². The van der Waals surface area contributed by atoms with Crippen molar-refractivity contribution in [1.29, 1.82) is 0 Å². The van der Waals surface area contributed by atoms with Crippen molar-refractivity contribution < 1.29 is 14.5 Å². The summed E-state index contributed by atoms with van der Waals surface area (Å²) in [7, 11) is 0. The molecule has 0 spiro atoms. The number of nitrogens with one attached hydrogen (secondary N) is 2. The van der Waals surface area contributed by atoms with Crippen molar-refractivity contribution in [2.45, 2.75) is 38.8 Å². The Morgan fingerprint density at radius 2 is 1.97 bits per heavy atom. The summed E-state index contributed by atoms with van der Waals surface area (Å²) in [5.41, 5.74) is 3.37. The maximum Gasteiger partial charge on any atom is 0.293 e. The van der Waals surface area contributed by atoms with E-state index in [1.807, 2.05) is 4.90 Å². The lowest BCUT2D eigenvalue weighted by Crippen LogP contribution is -2.35. The Morgan fingerprint density at radius 1 is 1.15 bits per heavy atom. The number of carbonyl (C=O) groups is 2. The molecule has 9 heteroatoms. The Bertz CT molecular complexity index is 1300. The van der Waals surface area contributed by atoms with Crippen LogP contribution in [0.1, 0.15) is 49.6 Å². The minimum Gasteiger partial charge on any atom is -0.377 e. The second kappa shape index (κ2) is 8.90. The third-order valence-corrected chi connectivity index (χ3v) is 7.32. The van der Waals surface area contributed by atoms with Gasteiger partial charge < -0.3 is 15.5 Å². The van der Waals surface area contributed by atoms with Crippen LogP contribution in [-0.4, -0.2) is 34.2 Å². The molecular weight excluding hydrogens is 452 g/mol. The van der Waals surface area contributed by atoms with Crippen LogP contribution in [0.5, 0.6) is 0 Å². The second-order valence-electron chi connectivity index (χ2n) is 8.69. The van der Waals surface area contributed by atoms with E-state index in [-0.39, 0.29) is 23.2 Å². The van der Waals surface area contributed by atoms with E-state index in [4.69, 9.17) is 0 Å². The van der Waals surface area contributed by atoms with Crippen molar-refractivity contribution in [2.24, 2.45) is 0 Å². The molecule has 2 amide bonds. The molecule has 2 aliphatic rings. The third kappa shape index (κ3) is 4.38. The normalized spacial score (nSPS) is 14.9. The Labute approximate surface area is 200 Å². The lowest BCUT2D eigenvalue weighted by molar-refractivity contribution is -0.384. The first kappa shape index (κ1) is 22.1. The number of fused-ring (bicyclic) bond motifs is 1. The zero-order valence-corrected chi connectivity index (χ0v) is 19.5. The van der Waals surface area contributed by atoms with E-state index in [1.165, 1.54) is 16.5 Å². The fourth-order valence-corrected chi connectivity index (χ4v) is 5.07. The van der Waals surface area contributed by atoms with Gasteiger partial charge in [0.15, 0.2) is 0 Å². The van der Waals surface area contributed by atoms with Gasteiger partial charge in [-0.05, 0) is 73.0 Å². The van der Waals surface area contributed by atoms with Crippen LogP contribution in [0.25, 0.3) is 0 Å². The second-order valence-corrected chi connectivity index (χ2v) is 9.69. The molecule has 2 aromatic carbocycles. The zero-order chi connectivity index (χ0) is 23.8. The molecule has 174 valence electrons. The Kier molecular flexibility index (Phi) is 5.79. The zero-order valence-electron chi connectivity index (χ0n) is 18.7. The molecule has 1 aliphatic heterocycles. The average molecular weight is 477 g/mol. The summed E-state index contributed by atoms with van der Waals surface area (Å²) < 4.78 is 0. The topological polar surface area (TPSA) is 105 Å². The fourth-order valence-electron chi connectivity index (χ4n) is 4.18. The molecule has 0 radical (unpaired) electrons. The van der Waals surface area contributed by atoms with Crippen LogP contribution in [0.3, 0.4) is 0 Å². The average Bonchev–Trinajstić information content (AvgIpc) is 3.52. The van der Waals surface area contributed by atoms with E-state index in [1.54, 1.807) is 48.6 Å². The molecule has 0 bridgehead atoms. The standard InChI is InChI=1S/C25H24N4O4S/c1-15-19(25(31)28-11-9-23-17(14-28)10-12-34-23)3-2-4-20(15)27-24(30)16-5-8-21(26-18-6-7-18)22(13-16)29(32)33/h2-5,8,10,12-13,18,26H,6-7,9,11,14H2,1H3,(H,27,30). The van der Waals surface area contributed by atoms with E-state index in [9.17, 15) is 19.7 Å². The van der Waals surface area contributed by atoms with Crippen molar-refractivity contribution in [3.05, 3.63) is 85.1 Å². The summed E-state index contributed by atoms with van der Waals surface area (Å²) in [6.45, 7) is 3.04. The van der Waals surface area contributed by atoms with Gasteiger partial charge in [-0.1, -0.05) is 6.07 Å². The molecule has 5 rings (SSSR count). The predicted molar refractivity (Wildman–Crippen MR) is 132 cm³/mol. The molecule has 8 nitrogen and oxygen atoms in total. The highest BCUT2D eigenvalue weighted by Gasteiger charge is 2.27. The molecule has 0 atom stereocenters. The summed E-state index contributed by atoms with van der Waals surface area (Å²) in [4.78, 5) is 40.4. The largest absolute Gasteiger partial charge is 0.377 e. The van der Waals surface area contributed by atoms with Gasteiger partial charge in [0.05, 0.1) is 4.92 Å².